The first-order valence-electron chi connectivity index (χ1n) is 8.70. The molecule has 1 fully saturated rings. The standard InChI is InChI=1S/C19H19ClN6O.ClH/c20-14-6-8-16(9-7-14)22-18-23-17(21-15-4-2-1-3-5-15)24-19(25-18)26-10-12-27-13-11-26;/h1-9H,10-13H2,(H2,21,22,23,24,25);1H. The molecule has 0 radical (unpaired) electrons. The van der Waals surface area contributed by atoms with Crippen LogP contribution in [0.15, 0.2) is 54.6 Å². The SMILES string of the molecule is Cl.Clc1ccc(Nc2nc(Nc3ccccc3)nc(N3CCOCC3)n2)cc1. The lowest BCUT2D eigenvalue weighted by Crippen LogP contribution is -2.37. The predicted molar refractivity (Wildman–Crippen MR) is 115 cm³/mol. The van der Waals surface area contributed by atoms with E-state index in [1.54, 1.807) is 0 Å². The fourth-order valence-corrected chi connectivity index (χ4v) is 2.82. The number of para-hydroxylation sites is 1. The maximum absolute atomic E-state index is 5.96. The summed E-state index contributed by atoms with van der Waals surface area (Å²) >= 11 is 5.96. The zero-order valence-electron chi connectivity index (χ0n) is 15.0. The maximum Gasteiger partial charge on any atom is 0.233 e. The summed E-state index contributed by atoms with van der Waals surface area (Å²) in [5, 5.41) is 7.13. The molecule has 146 valence electrons. The minimum absolute atomic E-state index is 0. The van der Waals surface area contributed by atoms with Crippen LogP contribution in [0.25, 0.3) is 0 Å². The van der Waals surface area contributed by atoms with Crippen LogP contribution in [0.2, 0.25) is 5.02 Å². The fraction of sp³-hybridized carbons (Fsp3) is 0.211. The molecular formula is C19H20Cl2N6O. The summed E-state index contributed by atoms with van der Waals surface area (Å²) in [5.74, 6) is 1.56. The number of rotatable bonds is 5. The van der Waals surface area contributed by atoms with E-state index >= 15 is 0 Å². The van der Waals surface area contributed by atoms with E-state index in [9.17, 15) is 0 Å². The van der Waals surface area contributed by atoms with Gasteiger partial charge in [-0.3, -0.25) is 0 Å². The van der Waals surface area contributed by atoms with Crippen molar-refractivity contribution in [2.75, 3.05) is 41.8 Å². The number of halogens is 2. The predicted octanol–water partition coefficient (Wildman–Crippen LogP) is 4.27. The summed E-state index contributed by atoms with van der Waals surface area (Å²) in [5.41, 5.74) is 1.76. The summed E-state index contributed by atoms with van der Waals surface area (Å²) < 4.78 is 5.43. The van der Waals surface area contributed by atoms with Gasteiger partial charge >= 0.3 is 0 Å². The number of ether oxygens (including phenoxy) is 1. The van der Waals surface area contributed by atoms with E-state index in [0.717, 1.165) is 24.5 Å². The Hall–Kier alpha value is -2.61. The van der Waals surface area contributed by atoms with Gasteiger partial charge in [0.25, 0.3) is 0 Å². The van der Waals surface area contributed by atoms with Gasteiger partial charge in [-0.1, -0.05) is 29.8 Å². The minimum Gasteiger partial charge on any atom is -0.378 e. The second-order valence-electron chi connectivity index (χ2n) is 6.00. The third-order valence-electron chi connectivity index (χ3n) is 4.05. The first kappa shape index (κ1) is 20.1. The molecule has 0 aliphatic carbocycles. The number of benzene rings is 2. The van der Waals surface area contributed by atoms with Crippen molar-refractivity contribution < 1.29 is 4.74 Å². The Labute approximate surface area is 174 Å². The van der Waals surface area contributed by atoms with Crippen molar-refractivity contribution in [3.05, 3.63) is 59.6 Å². The zero-order chi connectivity index (χ0) is 18.5. The van der Waals surface area contributed by atoms with Crippen LogP contribution in [0, 0.1) is 0 Å². The fourth-order valence-electron chi connectivity index (χ4n) is 2.69. The number of anilines is 5. The van der Waals surface area contributed by atoms with Gasteiger partial charge in [0, 0.05) is 29.5 Å². The van der Waals surface area contributed by atoms with Gasteiger partial charge in [0.05, 0.1) is 13.2 Å². The van der Waals surface area contributed by atoms with Gasteiger partial charge in [0.15, 0.2) is 0 Å². The smallest absolute Gasteiger partial charge is 0.233 e. The van der Waals surface area contributed by atoms with Crippen LogP contribution in [-0.4, -0.2) is 41.3 Å². The molecule has 7 nitrogen and oxygen atoms in total. The molecule has 1 aliphatic rings. The first-order chi connectivity index (χ1) is 13.3. The van der Waals surface area contributed by atoms with E-state index in [4.69, 9.17) is 16.3 Å². The Kier molecular flexibility index (Phi) is 6.86. The molecule has 1 aromatic heterocycles. The van der Waals surface area contributed by atoms with Crippen molar-refractivity contribution in [1.82, 2.24) is 15.0 Å². The Morgan fingerprint density at radius 1 is 0.786 bits per heavy atom. The summed E-state index contributed by atoms with van der Waals surface area (Å²) in [4.78, 5) is 15.8. The van der Waals surface area contributed by atoms with E-state index in [1.807, 2.05) is 54.6 Å². The number of aromatic nitrogens is 3. The van der Waals surface area contributed by atoms with Crippen LogP contribution in [0.4, 0.5) is 29.2 Å². The first-order valence-corrected chi connectivity index (χ1v) is 9.07. The quantitative estimate of drug-likeness (QED) is 0.640. The Bertz CT molecular complexity index is 889. The zero-order valence-corrected chi connectivity index (χ0v) is 16.6. The molecule has 28 heavy (non-hydrogen) atoms. The minimum atomic E-state index is 0. The van der Waals surface area contributed by atoms with E-state index in [-0.39, 0.29) is 12.4 Å². The van der Waals surface area contributed by atoms with Crippen LogP contribution < -0.4 is 15.5 Å². The Balaban J connectivity index is 0.00000225. The van der Waals surface area contributed by atoms with Gasteiger partial charge in [-0.2, -0.15) is 15.0 Å². The van der Waals surface area contributed by atoms with Crippen molar-refractivity contribution in [3.8, 4) is 0 Å². The van der Waals surface area contributed by atoms with Crippen LogP contribution in [0.5, 0.6) is 0 Å². The van der Waals surface area contributed by atoms with E-state index in [2.05, 4.69) is 30.5 Å². The highest BCUT2D eigenvalue weighted by atomic mass is 35.5. The van der Waals surface area contributed by atoms with Crippen LogP contribution in [0.1, 0.15) is 0 Å². The van der Waals surface area contributed by atoms with Gasteiger partial charge in [-0.25, -0.2) is 0 Å². The summed E-state index contributed by atoms with van der Waals surface area (Å²) in [6.07, 6.45) is 0. The average molecular weight is 419 g/mol. The molecule has 9 heteroatoms. The highest BCUT2D eigenvalue weighted by Gasteiger charge is 2.17. The normalized spacial score (nSPS) is 13.5. The summed E-state index contributed by atoms with van der Waals surface area (Å²) in [7, 11) is 0. The van der Waals surface area contributed by atoms with Crippen molar-refractivity contribution >= 4 is 53.2 Å². The average Bonchev–Trinajstić information content (AvgIpc) is 2.71. The Morgan fingerprint density at radius 2 is 1.36 bits per heavy atom. The van der Waals surface area contributed by atoms with Gasteiger partial charge in [-0.05, 0) is 36.4 Å². The number of morpholine rings is 1. The second-order valence-corrected chi connectivity index (χ2v) is 6.44. The number of hydrogen-bond acceptors (Lipinski definition) is 7. The third kappa shape index (κ3) is 5.22. The van der Waals surface area contributed by atoms with Crippen LogP contribution in [-0.2, 0) is 4.74 Å². The summed E-state index contributed by atoms with van der Waals surface area (Å²) in [6, 6.07) is 17.2. The number of nitrogens with one attached hydrogen (secondary N) is 2. The molecule has 4 rings (SSSR count). The highest BCUT2D eigenvalue weighted by Crippen LogP contribution is 2.21. The topological polar surface area (TPSA) is 75.2 Å². The molecule has 0 unspecified atom stereocenters. The van der Waals surface area contributed by atoms with Crippen molar-refractivity contribution in [3.63, 3.8) is 0 Å². The molecule has 0 bridgehead atoms. The van der Waals surface area contributed by atoms with Crippen molar-refractivity contribution in [2.24, 2.45) is 0 Å². The lowest BCUT2D eigenvalue weighted by atomic mass is 10.3. The molecule has 2 heterocycles. The molecule has 0 amide bonds. The molecule has 0 atom stereocenters. The summed E-state index contributed by atoms with van der Waals surface area (Å²) in [6.45, 7) is 2.81. The monoisotopic (exact) mass is 418 g/mol. The van der Waals surface area contributed by atoms with Gasteiger partial charge in [0.1, 0.15) is 0 Å². The third-order valence-corrected chi connectivity index (χ3v) is 4.30. The molecule has 0 spiro atoms. The van der Waals surface area contributed by atoms with Crippen molar-refractivity contribution in [1.29, 1.82) is 0 Å². The second kappa shape index (κ2) is 9.54. The van der Waals surface area contributed by atoms with Crippen LogP contribution >= 0.6 is 24.0 Å². The molecule has 2 aromatic carbocycles. The van der Waals surface area contributed by atoms with Gasteiger partial charge in [0.2, 0.25) is 17.8 Å². The lowest BCUT2D eigenvalue weighted by Gasteiger charge is -2.27. The molecule has 2 N–H and O–H groups in total. The van der Waals surface area contributed by atoms with E-state index < -0.39 is 0 Å². The van der Waals surface area contributed by atoms with E-state index in [0.29, 0.717) is 36.1 Å². The lowest BCUT2D eigenvalue weighted by molar-refractivity contribution is 0.122. The number of hydrogen-bond donors (Lipinski definition) is 2. The molecular weight excluding hydrogens is 399 g/mol. The molecule has 3 aromatic rings. The Morgan fingerprint density at radius 3 is 1.96 bits per heavy atom. The largest absolute Gasteiger partial charge is 0.378 e. The molecule has 0 saturated carbocycles. The number of nitrogens with zero attached hydrogens (tertiary/aromatic N) is 4. The molecule has 1 aliphatic heterocycles. The van der Waals surface area contributed by atoms with Gasteiger partial charge < -0.3 is 20.3 Å². The maximum atomic E-state index is 5.96. The van der Waals surface area contributed by atoms with Crippen molar-refractivity contribution in [2.45, 2.75) is 0 Å². The van der Waals surface area contributed by atoms with Gasteiger partial charge in [-0.15, -0.1) is 12.4 Å². The van der Waals surface area contributed by atoms with E-state index in [1.165, 1.54) is 0 Å². The highest BCUT2D eigenvalue weighted by molar-refractivity contribution is 6.30. The molecule has 1 saturated heterocycles. The van der Waals surface area contributed by atoms with Crippen LogP contribution in [0.3, 0.4) is 0 Å².